The van der Waals surface area contributed by atoms with Crippen molar-refractivity contribution in [3.05, 3.63) is 24.5 Å². The van der Waals surface area contributed by atoms with Gasteiger partial charge in [-0.15, -0.1) is 0 Å². The van der Waals surface area contributed by atoms with Crippen LogP contribution in [0.25, 0.3) is 0 Å². The first-order chi connectivity index (χ1) is 6.93. The van der Waals surface area contributed by atoms with Crippen LogP contribution in [-0.2, 0) is 4.74 Å². The lowest BCUT2D eigenvalue weighted by molar-refractivity contribution is 0.173. The third kappa shape index (κ3) is 5.11. The van der Waals surface area contributed by atoms with Crippen LogP contribution in [0, 0.1) is 0 Å². The Bertz CT molecular complexity index is 174. The number of ether oxygens (including phenoxy) is 1. The zero-order valence-corrected chi connectivity index (χ0v) is 9.24. The molecule has 0 amide bonds. The minimum absolute atomic E-state index is 0.418. The van der Waals surface area contributed by atoms with E-state index in [1.807, 2.05) is 6.26 Å². The van der Waals surface area contributed by atoms with Crippen molar-refractivity contribution in [3.63, 3.8) is 0 Å². The largest absolute Gasteiger partial charge is 0.498 e. The van der Waals surface area contributed by atoms with E-state index >= 15 is 0 Å². The van der Waals surface area contributed by atoms with Crippen molar-refractivity contribution in [1.29, 1.82) is 0 Å². The summed E-state index contributed by atoms with van der Waals surface area (Å²) in [6, 6.07) is 0. The maximum Gasteiger partial charge on any atom is 0.105 e. The minimum Gasteiger partial charge on any atom is -0.498 e. The average Bonchev–Trinajstić information content (AvgIpc) is 2.69. The molecule has 0 aromatic heterocycles. The molecule has 0 aromatic carbocycles. The third-order valence-electron chi connectivity index (χ3n) is 2.56. The second-order valence-electron chi connectivity index (χ2n) is 3.92. The maximum absolute atomic E-state index is 5.37. The van der Waals surface area contributed by atoms with Crippen LogP contribution in [0.1, 0.15) is 51.9 Å². The Balaban J connectivity index is 1.88. The molecular weight excluding hydrogens is 172 g/mol. The molecule has 0 aliphatic carbocycles. The molecule has 0 aromatic rings. The van der Waals surface area contributed by atoms with E-state index in [1.165, 1.54) is 32.1 Å². The average molecular weight is 194 g/mol. The summed E-state index contributed by atoms with van der Waals surface area (Å²) in [4.78, 5) is 0. The maximum atomic E-state index is 5.37. The Morgan fingerprint density at radius 1 is 1.29 bits per heavy atom. The molecule has 1 atom stereocenters. The molecule has 0 fully saturated rings. The summed E-state index contributed by atoms with van der Waals surface area (Å²) in [5.74, 6) is 0. The number of hydrogen-bond acceptors (Lipinski definition) is 1. The predicted molar refractivity (Wildman–Crippen MR) is 61.1 cm³/mol. The van der Waals surface area contributed by atoms with Gasteiger partial charge >= 0.3 is 0 Å². The fraction of sp³-hybridized carbons (Fsp3) is 0.692. The van der Waals surface area contributed by atoms with E-state index in [0.717, 1.165) is 12.8 Å². The fourth-order valence-electron chi connectivity index (χ4n) is 1.64. The van der Waals surface area contributed by atoms with Gasteiger partial charge in [-0.1, -0.05) is 38.3 Å². The van der Waals surface area contributed by atoms with Crippen LogP contribution >= 0.6 is 0 Å². The highest BCUT2D eigenvalue weighted by Crippen LogP contribution is 2.13. The quantitative estimate of drug-likeness (QED) is 0.436. The van der Waals surface area contributed by atoms with Crippen LogP contribution in [0.3, 0.4) is 0 Å². The first kappa shape index (κ1) is 11.4. The molecular formula is C13H22O. The molecule has 0 unspecified atom stereocenters. The molecule has 80 valence electrons. The standard InChI is InChI=1S/C13H22O/c1-2-3-4-5-6-7-8-10-13-11-9-12-14-13/h7-9,12-13H,2-6,10-11H2,1H3/b8-7-/t13-/m0/s1. The Morgan fingerprint density at radius 2 is 2.21 bits per heavy atom. The van der Waals surface area contributed by atoms with Gasteiger partial charge < -0.3 is 4.74 Å². The fourth-order valence-corrected chi connectivity index (χ4v) is 1.64. The van der Waals surface area contributed by atoms with Gasteiger partial charge in [0.05, 0.1) is 6.26 Å². The van der Waals surface area contributed by atoms with Gasteiger partial charge in [0.2, 0.25) is 0 Å². The summed E-state index contributed by atoms with van der Waals surface area (Å²) in [7, 11) is 0. The molecule has 0 saturated heterocycles. The summed E-state index contributed by atoms with van der Waals surface area (Å²) in [6.45, 7) is 2.25. The molecule has 1 aliphatic heterocycles. The monoisotopic (exact) mass is 194 g/mol. The van der Waals surface area contributed by atoms with Gasteiger partial charge in [-0.25, -0.2) is 0 Å². The van der Waals surface area contributed by atoms with Crippen molar-refractivity contribution in [1.82, 2.24) is 0 Å². The van der Waals surface area contributed by atoms with Gasteiger partial charge in [0.15, 0.2) is 0 Å². The summed E-state index contributed by atoms with van der Waals surface area (Å²) in [5.41, 5.74) is 0. The van der Waals surface area contributed by atoms with E-state index in [0.29, 0.717) is 6.10 Å². The van der Waals surface area contributed by atoms with E-state index in [9.17, 15) is 0 Å². The van der Waals surface area contributed by atoms with Gasteiger partial charge in [-0.2, -0.15) is 0 Å². The zero-order chi connectivity index (χ0) is 10.1. The van der Waals surface area contributed by atoms with Gasteiger partial charge in [0.25, 0.3) is 0 Å². The highest BCUT2D eigenvalue weighted by Gasteiger charge is 2.07. The topological polar surface area (TPSA) is 9.23 Å². The number of hydrogen-bond donors (Lipinski definition) is 0. The van der Waals surface area contributed by atoms with Crippen molar-refractivity contribution < 1.29 is 4.74 Å². The number of unbranched alkanes of at least 4 members (excludes halogenated alkanes) is 4. The smallest absolute Gasteiger partial charge is 0.105 e. The van der Waals surface area contributed by atoms with Crippen molar-refractivity contribution in [2.45, 2.75) is 58.0 Å². The summed E-state index contributed by atoms with van der Waals surface area (Å²) in [6.07, 6.45) is 17.7. The van der Waals surface area contributed by atoms with Gasteiger partial charge in [0, 0.05) is 12.8 Å². The molecule has 1 rings (SSSR count). The lowest BCUT2D eigenvalue weighted by Gasteiger charge is -2.05. The molecule has 0 N–H and O–H groups in total. The molecule has 1 heterocycles. The molecule has 1 heteroatoms. The lowest BCUT2D eigenvalue weighted by atomic mass is 10.1. The Hall–Kier alpha value is -0.720. The van der Waals surface area contributed by atoms with E-state index in [4.69, 9.17) is 4.74 Å². The molecule has 14 heavy (non-hydrogen) atoms. The first-order valence-electron chi connectivity index (χ1n) is 5.89. The van der Waals surface area contributed by atoms with Crippen LogP contribution in [0.4, 0.5) is 0 Å². The van der Waals surface area contributed by atoms with Crippen molar-refractivity contribution in [3.8, 4) is 0 Å². The molecule has 0 saturated carbocycles. The third-order valence-corrected chi connectivity index (χ3v) is 2.56. The van der Waals surface area contributed by atoms with Crippen molar-refractivity contribution in [2.75, 3.05) is 0 Å². The van der Waals surface area contributed by atoms with Gasteiger partial charge in [-0.05, 0) is 18.9 Å². The summed E-state index contributed by atoms with van der Waals surface area (Å²) < 4.78 is 5.37. The predicted octanol–water partition coefficient (Wildman–Crippen LogP) is 4.21. The van der Waals surface area contributed by atoms with E-state index in [1.54, 1.807) is 0 Å². The molecule has 1 nitrogen and oxygen atoms in total. The minimum atomic E-state index is 0.418. The molecule has 0 radical (unpaired) electrons. The van der Waals surface area contributed by atoms with Gasteiger partial charge in [0.1, 0.15) is 6.10 Å². The summed E-state index contributed by atoms with van der Waals surface area (Å²) in [5, 5.41) is 0. The summed E-state index contributed by atoms with van der Waals surface area (Å²) >= 11 is 0. The normalized spacial score (nSPS) is 20.5. The SMILES string of the molecule is CCCCCC/C=C\C[C@H]1CC=CO1. The number of allylic oxidation sites excluding steroid dienone is 1. The van der Waals surface area contributed by atoms with E-state index in [-0.39, 0.29) is 0 Å². The first-order valence-corrected chi connectivity index (χ1v) is 5.89. The van der Waals surface area contributed by atoms with Crippen LogP contribution in [0.5, 0.6) is 0 Å². The van der Waals surface area contributed by atoms with Gasteiger partial charge in [-0.3, -0.25) is 0 Å². The second kappa shape index (κ2) is 7.66. The van der Waals surface area contributed by atoms with Crippen molar-refractivity contribution >= 4 is 0 Å². The Labute approximate surface area is 87.8 Å². The second-order valence-corrected chi connectivity index (χ2v) is 3.92. The molecule has 1 aliphatic rings. The molecule has 0 spiro atoms. The van der Waals surface area contributed by atoms with Crippen LogP contribution in [0.2, 0.25) is 0 Å². The Kier molecular flexibility index (Phi) is 6.21. The lowest BCUT2D eigenvalue weighted by Crippen LogP contribution is -2.01. The number of rotatable bonds is 7. The zero-order valence-electron chi connectivity index (χ0n) is 9.24. The van der Waals surface area contributed by atoms with Crippen LogP contribution in [-0.4, -0.2) is 6.10 Å². The highest BCUT2D eigenvalue weighted by atomic mass is 16.5. The molecule has 0 bridgehead atoms. The Morgan fingerprint density at radius 3 is 2.93 bits per heavy atom. The van der Waals surface area contributed by atoms with E-state index in [2.05, 4.69) is 25.2 Å². The highest BCUT2D eigenvalue weighted by molar-refractivity contribution is 4.92. The van der Waals surface area contributed by atoms with Crippen molar-refractivity contribution in [2.24, 2.45) is 0 Å². The van der Waals surface area contributed by atoms with Crippen LogP contribution < -0.4 is 0 Å². The van der Waals surface area contributed by atoms with Crippen LogP contribution in [0.15, 0.2) is 24.5 Å². The van der Waals surface area contributed by atoms with E-state index < -0.39 is 0 Å².